The van der Waals surface area contributed by atoms with Crippen LogP contribution >= 0.6 is 47.8 Å². The molecule has 0 aromatic heterocycles. The predicted octanol–water partition coefficient (Wildman–Crippen LogP) is 7.00. The lowest BCUT2D eigenvalue weighted by molar-refractivity contribution is 0.0591. The van der Waals surface area contributed by atoms with E-state index in [0.29, 0.717) is 21.2 Å². The van der Waals surface area contributed by atoms with Gasteiger partial charge in [0.25, 0.3) is 0 Å². The number of esters is 2. The first-order chi connectivity index (χ1) is 13.8. The number of carbonyl (C=O) groups is 2. The molecule has 0 atom stereocenters. The quantitative estimate of drug-likeness (QED) is 0.275. The number of methoxy groups -OCH3 is 2. The molecule has 0 aliphatic rings. The molecule has 0 amide bonds. The fourth-order valence-electron chi connectivity index (χ4n) is 1.80. The summed E-state index contributed by atoms with van der Waals surface area (Å²) in [6.07, 6.45) is 0. The van der Waals surface area contributed by atoms with Gasteiger partial charge in [-0.1, -0.05) is 67.3 Å². The van der Waals surface area contributed by atoms with Crippen LogP contribution in [0, 0.1) is 11.3 Å². The van der Waals surface area contributed by atoms with Crippen LogP contribution in [0.2, 0.25) is 0 Å². The largest absolute Gasteiger partial charge is 0.465 e. The molecule has 0 unspecified atom stereocenters. The highest BCUT2D eigenvalue weighted by Gasteiger charge is 2.08. The zero-order chi connectivity index (χ0) is 22.4. The van der Waals surface area contributed by atoms with Crippen LogP contribution in [0.25, 0.3) is 0 Å². The van der Waals surface area contributed by atoms with Gasteiger partial charge in [0.05, 0.1) is 31.4 Å². The lowest BCUT2D eigenvalue weighted by Crippen LogP contribution is -2.01. The average Bonchev–Trinajstić information content (AvgIpc) is 2.73. The Morgan fingerprint density at radius 3 is 1.60 bits per heavy atom. The van der Waals surface area contributed by atoms with Gasteiger partial charge in [0.15, 0.2) is 0 Å². The molecular formula is C21H23Br3FNO4. The summed E-state index contributed by atoms with van der Waals surface area (Å²) in [5.41, 5.74) is 2.59. The van der Waals surface area contributed by atoms with Crippen molar-refractivity contribution in [3.05, 3.63) is 67.6 Å². The molecule has 0 heterocycles. The molecule has 0 aliphatic heterocycles. The second-order valence-corrected chi connectivity index (χ2v) is 7.36. The van der Waals surface area contributed by atoms with Gasteiger partial charge in [0, 0.05) is 21.2 Å². The van der Waals surface area contributed by atoms with Crippen LogP contribution in [-0.2, 0) is 21.5 Å². The van der Waals surface area contributed by atoms with Gasteiger partial charge in [-0.15, -0.1) is 0 Å². The highest BCUT2D eigenvalue weighted by molar-refractivity contribution is 9.11. The number of benzene rings is 2. The zero-order valence-corrected chi connectivity index (χ0v) is 20.7. The van der Waals surface area contributed by atoms with E-state index in [-0.39, 0.29) is 13.4 Å². The molecule has 9 heteroatoms. The van der Waals surface area contributed by atoms with Crippen molar-refractivity contribution in [3.8, 4) is 6.07 Å². The first-order valence-corrected chi connectivity index (χ1v) is 10.7. The maximum Gasteiger partial charge on any atom is 0.337 e. The predicted molar refractivity (Wildman–Crippen MR) is 126 cm³/mol. The minimum Gasteiger partial charge on any atom is -0.465 e. The molecular weight excluding hydrogens is 589 g/mol. The molecule has 164 valence electrons. The Hall–Kier alpha value is -1.76. The van der Waals surface area contributed by atoms with Gasteiger partial charge in [-0.3, -0.25) is 0 Å². The number of nitriles is 1. The normalized spacial score (nSPS) is 8.73. The Balaban J connectivity index is 0. The van der Waals surface area contributed by atoms with Crippen molar-refractivity contribution < 1.29 is 23.5 Å². The summed E-state index contributed by atoms with van der Waals surface area (Å²) < 4.78 is 22.9. The van der Waals surface area contributed by atoms with E-state index < -0.39 is 12.6 Å². The minimum atomic E-state index is -0.554. The van der Waals surface area contributed by atoms with Crippen LogP contribution < -0.4 is 0 Å². The Labute approximate surface area is 202 Å². The highest BCUT2D eigenvalue weighted by atomic mass is 79.9. The fourth-order valence-corrected chi connectivity index (χ4v) is 3.67. The van der Waals surface area contributed by atoms with Gasteiger partial charge in [0.2, 0.25) is 0 Å². The standard InChI is InChI=1S/C9H8Br2O2.C9H8BrFO2.C2H3N.CH4/c1-13-9(12)6-2-3-7(5-10)8(11)4-6;1-13-9(12)6-2-3-7(5-11)8(10)4-6;1-2-3;/h2*2-4H,5H2,1H3;1H3;1H4. The van der Waals surface area contributed by atoms with Crippen LogP contribution in [0.3, 0.4) is 0 Å². The van der Waals surface area contributed by atoms with Crippen molar-refractivity contribution in [3.63, 3.8) is 0 Å². The van der Waals surface area contributed by atoms with Crippen molar-refractivity contribution in [2.75, 3.05) is 14.2 Å². The Kier molecular flexibility index (Phi) is 17.2. The summed E-state index contributed by atoms with van der Waals surface area (Å²) in [5.74, 6) is -0.743. The summed E-state index contributed by atoms with van der Waals surface area (Å²) in [6.45, 7) is 0.877. The molecule has 0 spiro atoms. The molecule has 2 aromatic carbocycles. The maximum absolute atomic E-state index is 12.3. The number of halogens is 4. The van der Waals surface area contributed by atoms with E-state index in [2.05, 4.69) is 57.3 Å². The number of hydrogen-bond donors (Lipinski definition) is 0. The molecule has 2 aromatic rings. The van der Waals surface area contributed by atoms with Gasteiger partial charge in [-0.25, -0.2) is 14.0 Å². The molecule has 0 radical (unpaired) electrons. The molecule has 2 rings (SSSR count). The SMILES string of the molecule is C.CC#N.COC(=O)c1ccc(CBr)c(Br)c1.COC(=O)c1ccc(CF)c(Br)c1. The van der Waals surface area contributed by atoms with E-state index in [0.717, 1.165) is 15.4 Å². The number of rotatable bonds is 4. The Morgan fingerprint density at radius 1 is 0.967 bits per heavy atom. The van der Waals surface area contributed by atoms with Gasteiger partial charge in [-0.2, -0.15) is 5.26 Å². The van der Waals surface area contributed by atoms with Crippen molar-refractivity contribution in [2.24, 2.45) is 0 Å². The molecule has 30 heavy (non-hydrogen) atoms. The number of carbonyl (C=O) groups excluding carboxylic acids is 2. The first kappa shape index (κ1) is 30.4. The smallest absolute Gasteiger partial charge is 0.337 e. The van der Waals surface area contributed by atoms with E-state index in [1.54, 1.807) is 30.3 Å². The molecule has 5 nitrogen and oxygen atoms in total. The topological polar surface area (TPSA) is 76.4 Å². The van der Waals surface area contributed by atoms with Gasteiger partial charge >= 0.3 is 11.9 Å². The molecule has 0 aliphatic carbocycles. The third kappa shape index (κ3) is 10.3. The van der Waals surface area contributed by atoms with E-state index in [1.165, 1.54) is 27.2 Å². The second-order valence-electron chi connectivity index (χ2n) is 5.09. The lowest BCUT2D eigenvalue weighted by atomic mass is 10.1. The van der Waals surface area contributed by atoms with Crippen LogP contribution in [0.15, 0.2) is 45.3 Å². The number of hydrogen-bond acceptors (Lipinski definition) is 5. The third-order valence-electron chi connectivity index (χ3n) is 3.24. The van der Waals surface area contributed by atoms with Crippen LogP contribution in [0.1, 0.15) is 46.2 Å². The van der Waals surface area contributed by atoms with Crippen molar-refractivity contribution in [1.82, 2.24) is 0 Å². The molecule has 0 fully saturated rings. The fraction of sp³-hybridized carbons (Fsp3) is 0.286. The molecule has 0 N–H and O–H groups in total. The van der Waals surface area contributed by atoms with Gasteiger partial charge in [0.1, 0.15) is 6.67 Å². The molecule has 0 bridgehead atoms. The summed E-state index contributed by atoms with van der Waals surface area (Å²) in [4.78, 5) is 22.1. The van der Waals surface area contributed by atoms with Gasteiger partial charge in [-0.05, 0) is 35.4 Å². The Morgan fingerprint density at radius 2 is 1.33 bits per heavy atom. The minimum absolute atomic E-state index is 0. The zero-order valence-electron chi connectivity index (χ0n) is 16.0. The van der Waals surface area contributed by atoms with Crippen LogP contribution in [0.5, 0.6) is 0 Å². The second kappa shape index (κ2) is 17.0. The number of nitrogens with zero attached hydrogens (tertiary/aromatic N) is 1. The number of ether oxygens (including phenoxy) is 2. The van der Waals surface area contributed by atoms with Crippen molar-refractivity contribution in [1.29, 1.82) is 5.26 Å². The van der Waals surface area contributed by atoms with E-state index in [1.807, 2.05) is 6.07 Å². The highest BCUT2D eigenvalue weighted by Crippen LogP contribution is 2.21. The summed E-state index contributed by atoms with van der Waals surface area (Å²) in [6, 6.07) is 11.8. The van der Waals surface area contributed by atoms with Gasteiger partial charge < -0.3 is 9.47 Å². The maximum atomic E-state index is 12.3. The van der Waals surface area contributed by atoms with Crippen LogP contribution in [0.4, 0.5) is 4.39 Å². The van der Waals surface area contributed by atoms with Crippen molar-refractivity contribution >= 4 is 59.7 Å². The number of alkyl halides is 2. The summed E-state index contributed by atoms with van der Waals surface area (Å²) in [5, 5.41) is 8.08. The molecule has 0 saturated carbocycles. The summed E-state index contributed by atoms with van der Waals surface area (Å²) >= 11 is 9.86. The van der Waals surface area contributed by atoms with E-state index >= 15 is 0 Å². The molecule has 0 saturated heterocycles. The average molecular weight is 612 g/mol. The summed E-state index contributed by atoms with van der Waals surface area (Å²) in [7, 11) is 2.67. The third-order valence-corrected chi connectivity index (χ3v) is 5.32. The Bertz CT molecular complexity index is 804. The first-order valence-electron chi connectivity index (χ1n) is 7.95. The monoisotopic (exact) mass is 609 g/mol. The van der Waals surface area contributed by atoms with Crippen molar-refractivity contribution in [2.45, 2.75) is 26.4 Å². The van der Waals surface area contributed by atoms with E-state index in [4.69, 9.17) is 5.26 Å². The van der Waals surface area contributed by atoms with Crippen LogP contribution in [-0.4, -0.2) is 26.2 Å². The lowest BCUT2D eigenvalue weighted by Gasteiger charge is -2.03. The van der Waals surface area contributed by atoms with E-state index in [9.17, 15) is 14.0 Å².